The summed E-state index contributed by atoms with van der Waals surface area (Å²) in [5, 5.41) is 0. The van der Waals surface area contributed by atoms with Crippen molar-refractivity contribution < 1.29 is 82.2 Å². The SMILES string of the molecule is Nc1cc(OC(F)(F)F)cc([B-](F)(F)F)c1.[K+]. The van der Waals surface area contributed by atoms with E-state index < -0.39 is 30.2 Å². The van der Waals surface area contributed by atoms with Crippen LogP contribution in [0.15, 0.2) is 18.2 Å². The van der Waals surface area contributed by atoms with Crippen molar-refractivity contribution in [1.29, 1.82) is 0 Å². The number of halogens is 6. The van der Waals surface area contributed by atoms with Crippen LogP contribution in [-0.2, 0) is 0 Å². The van der Waals surface area contributed by atoms with Crippen LogP contribution in [0.3, 0.4) is 0 Å². The largest absolute Gasteiger partial charge is 1.00 e. The molecule has 0 unspecified atom stereocenters. The molecule has 0 saturated heterocycles. The van der Waals surface area contributed by atoms with Crippen molar-refractivity contribution in [2.75, 3.05) is 5.73 Å². The molecule has 2 nitrogen and oxygen atoms in total. The van der Waals surface area contributed by atoms with E-state index in [0.717, 1.165) is 0 Å². The van der Waals surface area contributed by atoms with Crippen LogP contribution in [0.2, 0.25) is 0 Å². The van der Waals surface area contributed by atoms with Gasteiger partial charge in [-0.15, -0.1) is 18.6 Å². The molecule has 90 valence electrons. The number of benzene rings is 1. The van der Waals surface area contributed by atoms with Gasteiger partial charge in [0, 0.05) is 11.8 Å². The van der Waals surface area contributed by atoms with E-state index >= 15 is 0 Å². The molecular formula is C7H5BF6KNO. The molecule has 0 amide bonds. The minimum absolute atomic E-state index is 0. The molecule has 0 aliphatic heterocycles. The molecule has 10 heteroatoms. The monoisotopic (exact) mass is 283 g/mol. The van der Waals surface area contributed by atoms with Gasteiger partial charge in [-0.25, -0.2) is 0 Å². The number of ether oxygens (including phenoxy) is 1. The zero-order chi connectivity index (χ0) is 12.6. The second-order valence-corrected chi connectivity index (χ2v) is 2.96. The third-order valence-corrected chi connectivity index (χ3v) is 1.56. The Labute approximate surface area is 135 Å². The standard InChI is InChI=1S/C7H5BF6NO.K/c9-7(10,11)16-6-2-4(8(12,13)14)1-5(15)3-6;/h1-3H,15H2;/q-1;+1. The predicted octanol–water partition coefficient (Wildman–Crippen LogP) is -0.774. The van der Waals surface area contributed by atoms with Gasteiger partial charge in [-0.3, -0.25) is 0 Å². The van der Waals surface area contributed by atoms with Crippen LogP contribution >= 0.6 is 0 Å². The van der Waals surface area contributed by atoms with Gasteiger partial charge in [-0.1, -0.05) is 6.07 Å². The number of nitrogens with two attached hydrogens (primary N) is 1. The molecule has 0 saturated carbocycles. The molecule has 2 N–H and O–H groups in total. The number of rotatable bonds is 2. The molecule has 0 aliphatic rings. The van der Waals surface area contributed by atoms with Crippen LogP contribution in [0.25, 0.3) is 0 Å². The topological polar surface area (TPSA) is 35.2 Å². The Kier molecular flexibility index (Phi) is 5.86. The van der Waals surface area contributed by atoms with Crippen molar-refractivity contribution in [2.45, 2.75) is 6.36 Å². The molecule has 17 heavy (non-hydrogen) atoms. The van der Waals surface area contributed by atoms with E-state index in [4.69, 9.17) is 5.73 Å². The maximum atomic E-state index is 12.3. The number of anilines is 1. The smallest absolute Gasteiger partial charge is 0.445 e. The van der Waals surface area contributed by atoms with Crippen LogP contribution in [0, 0.1) is 0 Å². The first-order valence-corrected chi connectivity index (χ1v) is 3.94. The third kappa shape index (κ3) is 6.00. The zero-order valence-electron chi connectivity index (χ0n) is 8.56. The van der Waals surface area contributed by atoms with E-state index in [-0.39, 0.29) is 57.5 Å². The van der Waals surface area contributed by atoms with Gasteiger partial charge in [0.15, 0.2) is 0 Å². The van der Waals surface area contributed by atoms with Gasteiger partial charge >= 0.3 is 64.7 Å². The Balaban J connectivity index is 0.00000256. The third-order valence-electron chi connectivity index (χ3n) is 1.56. The minimum atomic E-state index is -5.42. The summed E-state index contributed by atoms with van der Waals surface area (Å²) in [6.07, 6.45) is -5.05. The number of alkyl halides is 3. The number of nitrogen functional groups attached to an aromatic ring is 1. The molecule has 0 spiro atoms. The number of hydrogen-bond donors (Lipinski definition) is 1. The van der Waals surface area contributed by atoms with Gasteiger partial charge in [-0.2, -0.15) is 0 Å². The molecule has 0 aliphatic carbocycles. The molecule has 0 aromatic heterocycles. The van der Waals surface area contributed by atoms with Crippen molar-refractivity contribution in [2.24, 2.45) is 0 Å². The van der Waals surface area contributed by atoms with Crippen molar-refractivity contribution in [3.63, 3.8) is 0 Å². The fraction of sp³-hybridized carbons (Fsp3) is 0.143. The second-order valence-electron chi connectivity index (χ2n) is 2.96. The molecule has 1 rings (SSSR count). The minimum Gasteiger partial charge on any atom is -0.445 e. The normalized spacial score (nSPS) is 11.9. The van der Waals surface area contributed by atoms with Gasteiger partial charge in [0.1, 0.15) is 5.75 Å². The van der Waals surface area contributed by atoms with Crippen molar-refractivity contribution in [3.8, 4) is 5.75 Å². The second kappa shape index (κ2) is 5.83. The summed E-state index contributed by atoms with van der Waals surface area (Å²) in [6, 6.07) is 1.46. The van der Waals surface area contributed by atoms with E-state index in [9.17, 15) is 26.1 Å². The van der Waals surface area contributed by atoms with Crippen molar-refractivity contribution >= 4 is 18.1 Å². The van der Waals surface area contributed by atoms with Gasteiger partial charge in [0.2, 0.25) is 0 Å². The molecule has 0 heterocycles. The van der Waals surface area contributed by atoms with Crippen LogP contribution in [0.4, 0.5) is 31.8 Å². The molecule has 0 bridgehead atoms. The Morgan fingerprint density at radius 1 is 1.06 bits per heavy atom. The van der Waals surface area contributed by atoms with Gasteiger partial charge in [0.25, 0.3) is 0 Å². The molecule has 0 radical (unpaired) electrons. The fourth-order valence-electron chi connectivity index (χ4n) is 1.03. The summed E-state index contributed by atoms with van der Waals surface area (Å²) >= 11 is 0. The van der Waals surface area contributed by atoms with E-state index in [2.05, 4.69) is 4.74 Å². The first kappa shape index (κ1) is 17.1. The average molecular weight is 283 g/mol. The van der Waals surface area contributed by atoms with Crippen LogP contribution in [0.5, 0.6) is 5.75 Å². The Bertz CT molecular complexity index is 393. The Morgan fingerprint density at radius 3 is 2.00 bits per heavy atom. The summed E-state index contributed by atoms with van der Waals surface area (Å²) < 4.78 is 75.4. The fourth-order valence-corrected chi connectivity index (χ4v) is 1.03. The van der Waals surface area contributed by atoms with Crippen molar-refractivity contribution in [1.82, 2.24) is 0 Å². The number of hydrogen-bond acceptors (Lipinski definition) is 2. The first-order chi connectivity index (χ1) is 7.08. The van der Waals surface area contributed by atoms with Gasteiger partial charge in [0.05, 0.1) is 0 Å². The Hall–Kier alpha value is 0.101. The molecule has 0 atom stereocenters. The summed E-state index contributed by atoms with van der Waals surface area (Å²) in [5.41, 5.74) is 3.35. The maximum absolute atomic E-state index is 12.3. The van der Waals surface area contributed by atoms with E-state index in [0.29, 0.717) is 12.1 Å². The van der Waals surface area contributed by atoms with Crippen LogP contribution < -0.4 is 67.3 Å². The van der Waals surface area contributed by atoms with E-state index in [1.54, 1.807) is 0 Å². The maximum Gasteiger partial charge on any atom is 1.00 e. The molecular weight excluding hydrogens is 278 g/mol. The quantitative estimate of drug-likeness (QED) is 0.439. The molecule has 1 aromatic carbocycles. The van der Waals surface area contributed by atoms with Gasteiger partial charge in [-0.05, 0) is 6.07 Å². The summed E-state index contributed by atoms with van der Waals surface area (Å²) in [5.74, 6) is -0.985. The van der Waals surface area contributed by atoms with Crippen LogP contribution in [0.1, 0.15) is 0 Å². The van der Waals surface area contributed by atoms with E-state index in [1.165, 1.54) is 0 Å². The van der Waals surface area contributed by atoms with Crippen molar-refractivity contribution in [3.05, 3.63) is 18.2 Å². The predicted molar refractivity (Wildman–Crippen MR) is 46.2 cm³/mol. The zero-order valence-corrected chi connectivity index (χ0v) is 11.7. The van der Waals surface area contributed by atoms with E-state index in [1.807, 2.05) is 0 Å². The molecule has 1 aromatic rings. The summed E-state index contributed by atoms with van der Waals surface area (Å²) in [4.78, 5) is 0. The average Bonchev–Trinajstić information content (AvgIpc) is 1.97. The van der Waals surface area contributed by atoms with Gasteiger partial charge < -0.3 is 23.4 Å². The Morgan fingerprint density at radius 2 is 1.59 bits per heavy atom. The first-order valence-electron chi connectivity index (χ1n) is 3.94. The summed E-state index contributed by atoms with van der Waals surface area (Å²) in [6.45, 7) is -5.42. The summed E-state index contributed by atoms with van der Waals surface area (Å²) in [7, 11) is 0. The van der Waals surface area contributed by atoms with Crippen LogP contribution in [-0.4, -0.2) is 13.3 Å². The molecule has 0 fully saturated rings.